The summed E-state index contributed by atoms with van der Waals surface area (Å²) in [5.41, 5.74) is 4.32. The number of rotatable bonds is 4. The Morgan fingerprint density at radius 3 is 2.29 bits per heavy atom. The quantitative estimate of drug-likeness (QED) is 0.618. The van der Waals surface area contributed by atoms with Gasteiger partial charge < -0.3 is 0 Å². The third-order valence-corrected chi connectivity index (χ3v) is 2.50. The Bertz CT molecular complexity index is 290. The second kappa shape index (κ2) is 5.64. The Morgan fingerprint density at radius 2 is 1.79 bits per heavy atom. The van der Waals surface area contributed by atoms with E-state index in [1.807, 2.05) is 0 Å². The van der Waals surface area contributed by atoms with E-state index < -0.39 is 0 Å². The Kier molecular flexibility index (Phi) is 4.45. The SMILES string of the molecule is CCC=C(CC)Cc1ccc(C)cc1. The van der Waals surface area contributed by atoms with Crippen molar-refractivity contribution in [3.63, 3.8) is 0 Å². The molecule has 1 aromatic rings. The van der Waals surface area contributed by atoms with E-state index in [-0.39, 0.29) is 0 Å². The van der Waals surface area contributed by atoms with E-state index >= 15 is 0 Å². The van der Waals surface area contributed by atoms with Gasteiger partial charge in [-0.3, -0.25) is 0 Å². The van der Waals surface area contributed by atoms with Gasteiger partial charge in [-0.2, -0.15) is 0 Å². The van der Waals surface area contributed by atoms with Gasteiger partial charge in [0.25, 0.3) is 0 Å². The molecular weight excluding hydrogens is 168 g/mol. The van der Waals surface area contributed by atoms with E-state index in [9.17, 15) is 0 Å². The van der Waals surface area contributed by atoms with Crippen LogP contribution in [0, 0.1) is 6.92 Å². The van der Waals surface area contributed by atoms with Crippen molar-refractivity contribution < 1.29 is 0 Å². The van der Waals surface area contributed by atoms with Crippen LogP contribution < -0.4 is 0 Å². The summed E-state index contributed by atoms with van der Waals surface area (Å²) in [4.78, 5) is 0. The van der Waals surface area contributed by atoms with Crippen molar-refractivity contribution in [1.29, 1.82) is 0 Å². The molecule has 76 valence electrons. The van der Waals surface area contributed by atoms with Gasteiger partial charge in [0.1, 0.15) is 0 Å². The molecule has 14 heavy (non-hydrogen) atoms. The molecule has 0 nitrogen and oxygen atoms in total. The molecule has 0 aliphatic carbocycles. The van der Waals surface area contributed by atoms with E-state index in [4.69, 9.17) is 0 Å². The van der Waals surface area contributed by atoms with Crippen LogP contribution in [0.2, 0.25) is 0 Å². The standard InChI is InChI=1S/C14H20/c1-4-6-13(5-2)11-14-9-7-12(3)8-10-14/h6-10H,4-5,11H2,1-3H3. The summed E-state index contributed by atoms with van der Waals surface area (Å²) in [5.74, 6) is 0. The fourth-order valence-electron chi connectivity index (χ4n) is 1.60. The zero-order chi connectivity index (χ0) is 10.4. The van der Waals surface area contributed by atoms with Crippen molar-refractivity contribution in [3.8, 4) is 0 Å². The van der Waals surface area contributed by atoms with Gasteiger partial charge in [0.05, 0.1) is 0 Å². The average molecular weight is 188 g/mol. The number of allylic oxidation sites excluding steroid dienone is 2. The van der Waals surface area contributed by atoms with E-state index in [2.05, 4.69) is 51.1 Å². The molecule has 0 radical (unpaired) electrons. The average Bonchev–Trinajstić information content (AvgIpc) is 2.20. The molecule has 0 atom stereocenters. The minimum Gasteiger partial charge on any atom is -0.0853 e. The van der Waals surface area contributed by atoms with Gasteiger partial charge in [-0.25, -0.2) is 0 Å². The molecule has 1 rings (SSSR count). The number of hydrogen-bond donors (Lipinski definition) is 0. The first-order valence-electron chi connectivity index (χ1n) is 5.49. The van der Waals surface area contributed by atoms with Crippen molar-refractivity contribution in [2.24, 2.45) is 0 Å². The van der Waals surface area contributed by atoms with Crippen molar-refractivity contribution in [2.75, 3.05) is 0 Å². The van der Waals surface area contributed by atoms with Crippen molar-refractivity contribution >= 4 is 0 Å². The van der Waals surface area contributed by atoms with Crippen LogP contribution in [-0.2, 0) is 6.42 Å². The molecule has 0 heterocycles. The highest BCUT2D eigenvalue weighted by molar-refractivity contribution is 5.25. The topological polar surface area (TPSA) is 0 Å². The number of aryl methyl sites for hydroxylation is 1. The minimum absolute atomic E-state index is 1.12. The van der Waals surface area contributed by atoms with Crippen LogP contribution in [0.25, 0.3) is 0 Å². The van der Waals surface area contributed by atoms with Gasteiger partial charge >= 0.3 is 0 Å². The van der Waals surface area contributed by atoms with Crippen molar-refractivity contribution in [3.05, 3.63) is 47.0 Å². The van der Waals surface area contributed by atoms with E-state index in [1.54, 1.807) is 5.57 Å². The van der Waals surface area contributed by atoms with Crippen LogP contribution in [0.4, 0.5) is 0 Å². The molecule has 0 N–H and O–H groups in total. The number of hydrogen-bond acceptors (Lipinski definition) is 0. The predicted octanol–water partition coefficient (Wildman–Crippen LogP) is 4.28. The van der Waals surface area contributed by atoms with Crippen molar-refractivity contribution in [1.82, 2.24) is 0 Å². The third kappa shape index (κ3) is 3.37. The predicted molar refractivity (Wildman–Crippen MR) is 63.5 cm³/mol. The fourth-order valence-corrected chi connectivity index (χ4v) is 1.60. The van der Waals surface area contributed by atoms with Crippen LogP contribution >= 0.6 is 0 Å². The Labute approximate surface area is 87.7 Å². The van der Waals surface area contributed by atoms with Crippen molar-refractivity contribution in [2.45, 2.75) is 40.0 Å². The lowest BCUT2D eigenvalue weighted by molar-refractivity contribution is 0.978. The van der Waals surface area contributed by atoms with Gasteiger partial charge in [-0.1, -0.05) is 55.3 Å². The highest BCUT2D eigenvalue weighted by atomic mass is 14.0. The lowest BCUT2D eigenvalue weighted by Gasteiger charge is -2.05. The monoisotopic (exact) mass is 188 g/mol. The lowest BCUT2D eigenvalue weighted by Crippen LogP contribution is -1.89. The summed E-state index contributed by atoms with van der Waals surface area (Å²) in [6.45, 7) is 6.56. The second-order valence-electron chi connectivity index (χ2n) is 3.79. The molecule has 0 aromatic heterocycles. The van der Waals surface area contributed by atoms with Crippen LogP contribution in [-0.4, -0.2) is 0 Å². The minimum atomic E-state index is 1.12. The Hall–Kier alpha value is -1.04. The van der Waals surface area contributed by atoms with Crippen LogP contribution in [0.15, 0.2) is 35.9 Å². The van der Waals surface area contributed by atoms with Gasteiger partial charge in [-0.15, -0.1) is 0 Å². The molecule has 0 saturated carbocycles. The molecule has 0 bridgehead atoms. The van der Waals surface area contributed by atoms with Gasteiger partial charge in [0.15, 0.2) is 0 Å². The molecule has 0 unspecified atom stereocenters. The molecule has 0 spiro atoms. The van der Waals surface area contributed by atoms with Gasteiger partial charge in [0.2, 0.25) is 0 Å². The van der Waals surface area contributed by atoms with Crippen LogP contribution in [0.1, 0.15) is 37.8 Å². The second-order valence-corrected chi connectivity index (χ2v) is 3.79. The van der Waals surface area contributed by atoms with Gasteiger partial charge in [0, 0.05) is 0 Å². The summed E-state index contributed by atoms with van der Waals surface area (Å²) in [7, 11) is 0. The molecule has 0 fully saturated rings. The highest BCUT2D eigenvalue weighted by Crippen LogP contribution is 2.12. The normalized spacial score (nSPS) is 11.8. The maximum Gasteiger partial charge on any atom is -0.00672 e. The summed E-state index contributed by atoms with van der Waals surface area (Å²) < 4.78 is 0. The maximum atomic E-state index is 2.35. The Balaban J connectivity index is 2.67. The number of benzene rings is 1. The largest absolute Gasteiger partial charge is 0.0853 e. The molecule has 0 aliphatic heterocycles. The first kappa shape index (κ1) is 11.0. The molecule has 0 aliphatic rings. The highest BCUT2D eigenvalue weighted by Gasteiger charge is 1.96. The van der Waals surface area contributed by atoms with E-state index in [0.717, 1.165) is 12.8 Å². The molecule has 0 heteroatoms. The Morgan fingerprint density at radius 1 is 1.14 bits per heavy atom. The molecular formula is C14H20. The zero-order valence-corrected chi connectivity index (χ0v) is 9.51. The van der Waals surface area contributed by atoms with E-state index in [1.165, 1.54) is 17.5 Å². The fraction of sp³-hybridized carbons (Fsp3) is 0.429. The first-order valence-corrected chi connectivity index (χ1v) is 5.49. The molecule has 0 saturated heterocycles. The van der Waals surface area contributed by atoms with E-state index in [0.29, 0.717) is 0 Å². The summed E-state index contributed by atoms with van der Waals surface area (Å²) >= 11 is 0. The molecule has 0 amide bonds. The first-order chi connectivity index (χ1) is 6.76. The maximum absolute atomic E-state index is 2.35. The van der Waals surface area contributed by atoms with Crippen LogP contribution in [0.3, 0.4) is 0 Å². The summed E-state index contributed by atoms with van der Waals surface area (Å²) in [6, 6.07) is 8.84. The lowest BCUT2D eigenvalue weighted by atomic mass is 10.0. The smallest absolute Gasteiger partial charge is 0.00672 e. The molecule has 1 aromatic carbocycles. The summed E-state index contributed by atoms with van der Waals surface area (Å²) in [5, 5.41) is 0. The van der Waals surface area contributed by atoms with Gasteiger partial charge in [-0.05, 0) is 31.7 Å². The zero-order valence-electron chi connectivity index (χ0n) is 9.51. The third-order valence-electron chi connectivity index (χ3n) is 2.50. The summed E-state index contributed by atoms with van der Waals surface area (Å²) in [6.07, 6.45) is 5.78. The van der Waals surface area contributed by atoms with Crippen LogP contribution in [0.5, 0.6) is 0 Å².